The number of benzene rings is 1. The number of ether oxygens (including phenoxy) is 2. The molecule has 5 rings (SSSR count). The fraction of sp³-hybridized carbons (Fsp3) is 0.462. The lowest BCUT2D eigenvalue weighted by Crippen LogP contribution is -2.55. The maximum absolute atomic E-state index is 15.1. The first-order valence-corrected chi connectivity index (χ1v) is 11.9. The molecule has 36 heavy (non-hydrogen) atoms. The van der Waals surface area contributed by atoms with E-state index in [-0.39, 0.29) is 24.8 Å². The van der Waals surface area contributed by atoms with Gasteiger partial charge >= 0.3 is 6.01 Å². The number of amides is 1. The molecule has 2 unspecified atom stereocenters. The van der Waals surface area contributed by atoms with Gasteiger partial charge in [0.1, 0.15) is 11.6 Å². The number of fused-ring (bicyclic) bond motifs is 3. The van der Waals surface area contributed by atoms with Crippen molar-refractivity contribution in [3.63, 3.8) is 0 Å². The number of nitrogens with zero attached hydrogens (tertiary/aromatic N) is 5. The van der Waals surface area contributed by atoms with E-state index in [1.807, 2.05) is 11.0 Å². The van der Waals surface area contributed by atoms with Gasteiger partial charge in [0.15, 0.2) is 5.83 Å². The number of methoxy groups -OCH3 is 1. The average molecular weight is 496 g/mol. The van der Waals surface area contributed by atoms with Gasteiger partial charge < -0.3 is 19.3 Å². The van der Waals surface area contributed by atoms with Crippen LogP contribution in [0.15, 0.2) is 30.6 Å². The number of carbonyl (C=O) groups is 1. The van der Waals surface area contributed by atoms with Gasteiger partial charge in [0.25, 0.3) is 5.91 Å². The fourth-order valence-corrected chi connectivity index (χ4v) is 5.82. The third-order valence-electron chi connectivity index (χ3n) is 7.46. The van der Waals surface area contributed by atoms with Gasteiger partial charge in [0.2, 0.25) is 0 Å². The van der Waals surface area contributed by atoms with Crippen molar-refractivity contribution in [1.29, 1.82) is 5.26 Å². The highest BCUT2D eigenvalue weighted by molar-refractivity contribution is 5.91. The number of aromatic nitrogens is 2. The van der Waals surface area contributed by atoms with Gasteiger partial charge in [0.05, 0.1) is 44.5 Å². The zero-order valence-electron chi connectivity index (χ0n) is 20.1. The third-order valence-corrected chi connectivity index (χ3v) is 7.46. The highest BCUT2D eigenvalue weighted by Gasteiger charge is 2.44. The van der Waals surface area contributed by atoms with Crippen LogP contribution in [0.5, 0.6) is 6.01 Å². The first-order chi connectivity index (χ1) is 17.4. The van der Waals surface area contributed by atoms with Crippen molar-refractivity contribution in [3.8, 4) is 12.1 Å². The van der Waals surface area contributed by atoms with Gasteiger partial charge in [-0.3, -0.25) is 4.79 Å². The van der Waals surface area contributed by atoms with E-state index in [1.54, 1.807) is 6.07 Å². The summed E-state index contributed by atoms with van der Waals surface area (Å²) in [7, 11) is 1.49. The molecule has 1 saturated heterocycles. The highest BCUT2D eigenvalue weighted by atomic mass is 19.1. The minimum absolute atomic E-state index is 0.0520. The number of nitriles is 1. The smallest absolute Gasteiger partial charge is 0.318 e. The van der Waals surface area contributed by atoms with Gasteiger partial charge in [-0.1, -0.05) is 18.7 Å². The summed E-state index contributed by atoms with van der Waals surface area (Å²) in [4.78, 5) is 24.9. The summed E-state index contributed by atoms with van der Waals surface area (Å²) >= 11 is 0. The molecule has 10 heteroatoms. The Morgan fingerprint density at radius 2 is 2.22 bits per heavy atom. The maximum Gasteiger partial charge on any atom is 0.318 e. The van der Waals surface area contributed by atoms with Crippen LogP contribution in [-0.4, -0.2) is 60.2 Å². The van der Waals surface area contributed by atoms with E-state index >= 15 is 4.39 Å². The monoisotopic (exact) mass is 495 g/mol. The molecule has 1 aromatic carbocycles. The minimum atomic E-state index is -1.04. The second kappa shape index (κ2) is 9.47. The lowest BCUT2D eigenvalue weighted by molar-refractivity contribution is -0.131. The molecule has 2 atom stereocenters. The van der Waals surface area contributed by atoms with Crippen molar-refractivity contribution >= 4 is 11.7 Å². The van der Waals surface area contributed by atoms with Crippen molar-refractivity contribution in [2.75, 3.05) is 38.3 Å². The Bertz CT molecular complexity index is 1260. The molecule has 0 bridgehead atoms. The number of hydrogen-bond acceptors (Lipinski definition) is 7. The molecule has 2 aromatic rings. The Balaban J connectivity index is 1.50. The van der Waals surface area contributed by atoms with Crippen LogP contribution in [0.1, 0.15) is 35.2 Å². The molecule has 1 fully saturated rings. The van der Waals surface area contributed by atoms with E-state index in [0.717, 1.165) is 16.8 Å². The Labute approximate surface area is 208 Å². The quantitative estimate of drug-likeness (QED) is 0.602. The predicted octanol–water partition coefficient (Wildman–Crippen LogP) is 3.00. The first kappa shape index (κ1) is 24.1. The van der Waals surface area contributed by atoms with Crippen LogP contribution < -0.4 is 9.64 Å². The lowest BCUT2D eigenvalue weighted by Gasteiger charge is -2.44. The molecule has 0 N–H and O–H groups in total. The van der Waals surface area contributed by atoms with Crippen molar-refractivity contribution in [1.82, 2.24) is 14.9 Å². The normalized spacial score (nSPS) is 23.0. The van der Waals surface area contributed by atoms with Crippen LogP contribution in [-0.2, 0) is 34.4 Å². The number of carbonyl (C=O) groups excluding carboxylic acids is 1. The van der Waals surface area contributed by atoms with E-state index < -0.39 is 23.2 Å². The van der Waals surface area contributed by atoms with Gasteiger partial charge in [-0.2, -0.15) is 15.2 Å². The highest BCUT2D eigenvalue weighted by Crippen LogP contribution is 2.45. The summed E-state index contributed by atoms with van der Waals surface area (Å²) < 4.78 is 40.0. The van der Waals surface area contributed by atoms with Crippen LogP contribution in [0.2, 0.25) is 0 Å². The fourth-order valence-electron chi connectivity index (χ4n) is 5.82. The summed E-state index contributed by atoms with van der Waals surface area (Å²) in [6.45, 7) is 4.84. The number of halogens is 2. The Morgan fingerprint density at radius 1 is 1.39 bits per heavy atom. The van der Waals surface area contributed by atoms with Gasteiger partial charge in [0, 0.05) is 42.6 Å². The van der Waals surface area contributed by atoms with Crippen LogP contribution in [0.3, 0.4) is 0 Å². The molecule has 0 radical (unpaired) electrons. The molecular weight excluding hydrogens is 468 g/mol. The first-order valence-electron chi connectivity index (χ1n) is 11.9. The van der Waals surface area contributed by atoms with Crippen LogP contribution in [0, 0.1) is 17.1 Å². The maximum atomic E-state index is 15.1. The number of rotatable bonds is 4. The third kappa shape index (κ3) is 4.07. The predicted molar refractivity (Wildman–Crippen MR) is 127 cm³/mol. The molecule has 8 nitrogen and oxygen atoms in total. The summed E-state index contributed by atoms with van der Waals surface area (Å²) in [6, 6.07) is 6.88. The molecule has 2 aliphatic heterocycles. The van der Waals surface area contributed by atoms with E-state index in [0.29, 0.717) is 56.9 Å². The van der Waals surface area contributed by atoms with Crippen LogP contribution >= 0.6 is 0 Å². The Hall–Kier alpha value is -3.58. The lowest BCUT2D eigenvalue weighted by atomic mass is 9.67. The number of piperazine rings is 1. The van der Waals surface area contributed by atoms with E-state index in [2.05, 4.69) is 22.6 Å². The number of hydrogen-bond donors (Lipinski definition) is 0. The zero-order chi connectivity index (χ0) is 25.4. The average Bonchev–Trinajstić information content (AvgIpc) is 2.87. The summed E-state index contributed by atoms with van der Waals surface area (Å²) in [6.07, 6.45) is 1.80. The molecule has 3 aliphatic rings. The van der Waals surface area contributed by atoms with Crippen LogP contribution in [0.4, 0.5) is 14.6 Å². The van der Waals surface area contributed by atoms with Gasteiger partial charge in [-0.05, 0) is 24.5 Å². The topological polar surface area (TPSA) is 91.6 Å². The second-order valence-electron chi connectivity index (χ2n) is 9.55. The second-order valence-corrected chi connectivity index (χ2v) is 9.55. The SMILES string of the molecule is C=C(F)C(=O)N1CCN(c2nc(OC)nc3c2CCC2(COCc4cccc(F)c42)C3)CC1CC#N. The molecular formula is C26H27F2N5O3. The molecule has 1 aliphatic carbocycles. The summed E-state index contributed by atoms with van der Waals surface area (Å²) in [5.74, 6) is -1.39. The van der Waals surface area contributed by atoms with Gasteiger partial charge in [-0.15, -0.1) is 0 Å². The van der Waals surface area contributed by atoms with E-state index in [9.17, 15) is 14.4 Å². The molecule has 188 valence electrons. The summed E-state index contributed by atoms with van der Waals surface area (Å²) in [5.41, 5.74) is 2.75. The molecule has 1 amide bonds. The van der Waals surface area contributed by atoms with Crippen molar-refractivity contribution in [2.24, 2.45) is 0 Å². The zero-order valence-corrected chi connectivity index (χ0v) is 20.1. The van der Waals surface area contributed by atoms with E-state index in [4.69, 9.17) is 9.47 Å². The van der Waals surface area contributed by atoms with Gasteiger partial charge in [-0.25, -0.2) is 8.78 Å². The number of anilines is 1. The molecule has 1 aromatic heterocycles. The van der Waals surface area contributed by atoms with Crippen LogP contribution in [0.25, 0.3) is 0 Å². The van der Waals surface area contributed by atoms with E-state index in [1.165, 1.54) is 18.1 Å². The summed E-state index contributed by atoms with van der Waals surface area (Å²) in [5, 5.41) is 9.32. The van der Waals surface area contributed by atoms with Crippen molar-refractivity contribution < 1.29 is 23.0 Å². The van der Waals surface area contributed by atoms with Crippen molar-refractivity contribution in [3.05, 3.63) is 58.8 Å². The molecule has 3 heterocycles. The molecule has 0 saturated carbocycles. The molecule has 1 spiro atoms. The minimum Gasteiger partial charge on any atom is -0.467 e. The van der Waals surface area contributed by atoms with Crippen molar-refractivity contribution in [2.45, 2.75) is 43.7 Å². The Morgan fingerprint density at radius 3 is 2.97 bits per heavy atom. The Kier molecular flexibility index (Phi) is 6.35. The standard InChI is InChI=1S/C26H27F2N5O3/c1-16(27)24(34)33-11-10-32(13-18(33)7-9-29)23-19-6-8-26(12-21(19)30-25(31-23)35-2)15-36-14-17-4-3-5-20(28)22(17)26/h3-5,18H,1,6-8,10-15H2,2H3. The largest absolute Gasteiger partial charge is 0.467 e.